The summed E-state index contributed by atoms with van der Waals surface area (Å²) in [5.74, 6) is 0.231. The summed E-state index contributed by atoms with van der Waals surface area (Å²) in [5.41, 5.74) is 0. The molecular formula is C15H28N2O3. The van der Waals surface area contributed by atoms with Crippen LogP contribution in [0.5, 0.6) is 0 Å². The number of carbonyl (C=O) groups excluding carboxylic acids is 1. The molecule has 0 bridgehead atoms. The van der Waals surface area contributed by atoms with Gasteiger partial charge in [0.2, 0.25) is 0 Å². The number of carbonyl (C=O) groups is 2. The molecule has 0 radical (unpaired) electrons. The van der Waals surface area contributed by atoms with Gasteiger partial charge in [0.1, 0.15) is 0 Å². The molecule has 1 aliphatic rings. The molecule has 2 unspecified atom stereocenters. The Morgan fingerprint density at radius 2 is 1.95 bits per heavy atom. The van der Waals surface area contributed by atoms with Crippen LogP contribution in [0, 0.1) is 11.8 Å². The average Bonchev–Trinajstić information content (AvgIpc) is 2.39. The molecule has 116 valence electrons. The van der Waals surface area contributed by atoms with Crippen LogP contribution in [0.15, 0.2) is 0 Å². The van der Waals surface area contributed by atoms with Crippen LogP contribution in [0.2, 0.25) is 0 Å². The van der Waals surface area contributed by atoms with E-state index in [2.05, 4.69) is 19.2 Å². The van der Waals surface area contributed by atoms with Crippen molar-refractivity contribution in [2.24, 2.45) is 11.8 Å². The molecule has 5 heteroatoms. The summed E-state index contributed by atoms with van der Waals surface area (Å²) >= 11 is 0. The summed E-state index contributed by atoms with van der Waals surface area (Å²) in [6.07, 6.45) is 4.61. The normalized spacial score (nSPS) is 22.6. The SMILES string of the molecule is CCN(CCC(=O)O)C(=O)NC1CCCCC1C(C)C. The largest absolute Gasteiger partial charge is 0.481 e. The Morgan fingerprint density at radius 3 is 2.50 bits per heavy atom. The molecule has 1 fully saturated rings. The zero-order valence-electron chi connectivity index (χ0n) is 12.9. The van der Waals surface area contributed by atoms with Crippen LogP contribution in [0.3, 0.4) is 0 Å². The fraction of sp³-hybridized carbons (Fsp3) is 0.867. The van der Waals surface area contributed by atoms with Crippen LogP contribution >= 0.6 is 0 Å². The molecule has 0 aliphatic heterocycles. The molecule has 0 saturated heterocycles. The molecule has 0 aromatic heterocycles. The third-order valence-electron chi connectivity index (χ3n) is 4.25. The molecule has 0 heterocycles. The van der Waals surface area contributed by atoms with Crippen LogP contribution in [-0.2, 0) is 4.79 Å². The number of carboxylic acid groups (broad SMARTS) is 1. The summed E-state index contributed by atoms with van der Waals surface area (Å²) in [5, 5.41) is 11.8. The molecule has 2 N–H and O–H groups in total. The molecule has 5 nitrogen and oxygen atoms in total. The second-order valence-corrected chi connectivity index (χ2v) is 5.97. The van der Waals surface area contributed by atoms with Crippen molar-refractivity contribution in [1.82, 2.24) is 10.2 Å². The third kappa shape index (κ3) is 5.02. The zero-order valence-corrected chi connectivity index (χ0v) is 12.9. The average molecular weight is 284 g/mol. The number of aliphatic carboxylic acids is 1. The minimum absolute atomic E-state index is 0.000461. The maximum Gasteiger partial charge on any atom is 0.317 e. The van der Waals surface area contributed by atoms with Gasteiger partial charge in [-0.2, -0.15) is 0 Å². The molecule has 2 amide bonds. The van der Waals surface area contributed by atoms with Gasteiger partial charge in [-0.1, -0.05) is 26.7 Å². The molecule has 1 saturated carbocycles. The molecule has 1 aliphatic carbocycles. The maximum absolute atomic E-state index is 12.2. The highest BCUT2D eigenvalue weighted by atomic mass is 16.4. The van der Waals surface area contributed by atoms with Crippen molar-refractivity contribution >= 4 is 12.0 Å². The molecule has 0 spiro atoms. The van der Waals surface area contributed by atoms with Gasteiger partial charge < -0.3 is 15.3 Å². The van der Waals surface area contributed by atoms with Crippen LogP contribution in [0.25, 0.3) is 0 Å². The van der Waals surface area contributed by atoms with Crippen LogP contribution < -0.4 is 5.32 Å². The van der Waals surface area contributed by atoms with Crippen molar-refractivity contribution in [2.45, 2.75) is 58.9 Å². The van der Waals surface area contributed by atoms with Crippen LogP contribution in [0.1, 0.15) is 52.9 Å². The van der Waals surface area contributed by atoms with Gasteiger partial charge in [0, 0.05) is 19.1 Å². The first-order chi connectivity index (χ1) is 9.45. The summed E-state index contributed by atoms with van der Waals surface area (Å²) in [6.45, 7) is 7.10. The van der Waals surface area contributed by atoms with Crippen LogP contribution in [0.4, 0.5) is 4.79 Å². The Labute approximate surface area is 121 Å². The van der Waals surface area contributed by atoms with E-state index in [4.69, 9.17) is 5.11 Å². The van der Waals surface area contributed by atoms with Crippen molar-refractivity contribution in [1.29, 1.82) is 0 Å². The van der Waals surface area contributed by atoms with Crippen molar-refractivity contribution in [3.05, 3.63) is 0 Å². The van der Waals surface area contributed by atoms with Gasteiger partial charge >= 0.3 is 12.0 Å². The number of urea groups is 1. The van der Waals surface area contributed by atoms with E-state index in [1.165, 1.54) is 12.8 Å². The van der Waals surface area contributed by atoms with Gasteiger partial charge in [0.15, 0.2) is 0 Å². The topological polar surface area (TPSA) is 69.6 Å². The van der Waals surface area contributed by atoms with Crippen molar-refractivity contribution in [2.75, 3.05) is 13.1 Å². The highest BCUT2D eigenvalue weighted by Crippen LogP contribution is 2.30. The number of amides is 2. The molecule has 2 atom stereocenters. The number of nitrogens with zero attached hydrogens (tertiary/aromatic N) is 1. The first kappa shape index (κ1) is 16.8. The monoisotopic (exact) mass is 284 g/mol. The van der Waals surface area contributed by atoms with Gasteiger partial charge in [-0.05, 0) is 31.6 Å². The summed E-state index contributed by atoms with van der Waals surface area (Å²) in [4.78, 5) is 24.4. The van der Waals surface area contributed by atoms with Crippen molar-refractivity contribution in [3.63, 3.8) is 0 Å². The Kier molecular flexibility index (Phi) is 6.82. The highest BCUT2D eigenvalue weighted by Gasteiger charge is 2.29. The van der Waals surface area contributed by atoms with E-state index in [1.807, 2.05) is 6.92 Å². The number of hydrogen-bond acceptors (Lipinski definition) is 2. The first-order valence-corrected chi connectivity index (χ1v) is 7.73. The number of carboxylic acids is 1. The van der Waals surface area contributed by atoms with E-state index in [1.54, 1.807) is 4.90 Å². The molecule has 20 heavy (non-hydrogen) atoms. The third-order valence-corrected chi connectivity index (χ3v) is 4.25. The van der Waals surface area contributed by atoms with Crippen molar-refractivity contribution < 1.29 is 14.7 Å². The number of hydrogen-bond donors (Lipinski definition) is 2. The fourth-order valence-corrected chi connectivity index (χ4v) is 3.02. The second kappa shape index (κ2) is 8.12. The lowest BCUT2D eigenvalue weighted by Crippen LogP contribution is -2.49. The van der Waals surface area contributed by atoms with Gasteiger partial charge in [-0.25, -0.2) is 4.79 Å². The Hall–Kier alpha value is -1.26. The number of nitrogens with one attached hydrogen (secondary N) is 1. The Bertz CT molecular complexity index is 331. The Balaban J connectivity index is 2.54. The highest BCUT2D eigenvalue weighted by molar-refractivity contribution is 5.75. The zero-order chi connectivity index (χ0) is 15.1. The Morgan fingerprint density at radius 1 is 1.30 bits per heavy atom. The molecule has 0 aromatic carbocycles. The van der Waals surface area contributed by atoms with E-state index < -0.39 is 5.97 Å². The summed E-state index contributed by atoms with van der Waals surface area (Å²) in [6, 6.07) is 0.112. The van der Waals surface area contributed by atoms with E-state index in [9.17, 15) is 9.59 Å². The molecule has 1 rings (SSSR count). The fourth-order valence-electron chi connectivity index (χ4n) is 3.02. The second-order valence-electron chi connectivity index (χ2n) is 5.97. The lowest BCUT2D eigenvalue weighted by molar-refractivity contribution is -0.137. The van der Waals surface area contributed by atoms with Gasteiger partial charge in [0.05, 0.1) is 6.42 Å². The van der Waals surface area contributed by atoms with Crippen LogP contribution in [-0.4, -0.2) is 41.1 Å². The van der Waals surface area contributed by atoms with Gasteiger partial charge in [-0.3, -0.25) is 4.79 Å². The molecule has 0 aromatic rings. The quantitative estimate of drug-likeness (QED) is 0.788. The predicted octanol–water partition coefficient (Wildman–Crippen LogP) is 2.71. The maximum atomic E-state index is 12.2. The van der Waals surface area contributed by atoms with Gasteiger partial charge in [-0.15, -0.1) is 0 Å². The van der Waals surface area contributed by atoms with E-state index in [0.29, 0.717) is 18.4 Å². The first-order valence-electron chi connectivity index (χ1n) is 7.73. The summed E-state index contributed by atoms with van der Waals surface area (Å²) < 4.78 is 0. The van der Waals surface area contributed by atoms with E-state index >= 15 is 0 Å². The minimum Gasteiger partial charge on any atom is -0.481 e. The smallest absolute Gasteiger partial charge is 0.317 e. The standard InChI is InChI=1S/C15H28N2O3/c1-4-17(10-9-14(18)19)15(20)16-13-8-6-5-7-12(13)11(2)3/h11-13H,4-10H2,1-3H3,(H,16,20)(H,18,19). The summed E-state index contributed by atoms with van der Waals surface area (Å²) in [7, 11) is 0. The minimum atomic E-state index is -0.867. The van der Waals surface area contributed by atoms with E-state index in [0.717, 1.165) is 12.8 Å². The predicted molar refractivity (Wildman–Crippen MR) is 78.6 cm³/mol. The van der Waals surface area contributed by atoms with E-state index in [-0.39, 0.29) is 25.0 Å². The molecular weight excluding hydrogens is 256 g/mol. The lowest BCUT2D eigenvalue weighted by Gasteiger charge is -2.36. The number of rotatable bonds is 6. The van der Waals surface area contributed by atoms with Gasteiger partial charge in [0.25, 0.3) is 0 Å². The van der Waals surface area contributed by atoms with Crippen molar-refractivity contribution in [3.8, 4) is 0 Å². The lowest BCUT2D eigenvalue weighted by atomic mass is 9.78.